The van der Waals surface area contributed by atoms with Gasteiger partial charge in [0.1, 0.15) is 12.6 Å². The van der Waals surface area contributed by atoms with Gasteiger partial charge in [-0.1, -0.05) is 43.7 Å². The van der Waals surface area contributed by atoms with E-state index in [1.165, 1.54) is 0 Å². The molecule has 1 aliphatic heterocycles. The van der Waals surface area contributed by atoms with E-state index in [0.29, 0.717) is 13.1 Å². The largest absolute Gasteiger partial charge is 0.459 e. The molecule has 2 rings (SSSR count). The summed E-state index contributed by atoms with van der Waals surface area (Å²) in [5, 5.41) is 2.69. The lowest BCUT2D eigenvalue weighted by molar-refractivity contribution is -0.149. The summed E-state index contributed by atoms with van der Waals surface area (Å²) in [5.41, 5.74) is 0.943. The number of benzene rings is 1. The van der Waals surface area contributed by atoms with Crippen LogP contribution in [0.1, 0.15) is 25.3 Å². The Kier molecular flexibility index (Phi) is 4.98. The minimum Gasteiger partial charge on any atom is -0.459 e. The van der Waals surface area contributed by atoms with Gasteiger partial charge >= 0.3 is 12.0 Å². The fourth-order valence-corrected chi connectivity index (χ4v) is 2.16. The van der Waals surface area contributed by atoms with E-state index in [0.717, 1.165) is 18.4 Å². The quantitative estimate of drug-likeness (QED) is 0.808. The Balaban J connectivity index is 1.89. The molecule has 1 fully saturated rings. The molecule has 1 saturated heterocycles. The fraction of sp³-hybridized carbons (Fsp3) is 0.467. The number of amides is 2. The molecule has 0 bridgehead atoms. The lowest BCUT2D eigenvalue weighted by atomic mass is 10.2. The van der Waals surface area contributed by atoms with Crippen LogP contribution in [0.4, 0.5) is 4.79 Å². The molecule has 1 N–H and O–H groups in total. The first-order chi connectivity index (χ1) is 9.72. The molecule has 1 aliphatic rings. The smallest absolute Gasteiger partial charge is 0.331 e. The summed E-state index contributed by atoms with van der Waals surface area (Å²) < 4.78 is 5.30. The number of nitrogens with zero attached hydrogens (tertiary/aromatic N) is 1. The van der Waals surface area contributed by atoms with E-state index in [1.54, 1.807) is 4.90 Å². The van der Waals surface area contributed by atoms with Gasteiger partial charge in [0.2, 0.25) is 0 Å². The van der Waals surface area contributed by atoms with Gasteiger partial charge < -0.3 is 15.0 Å². The van der Waals surface area contributed by atoms with Gasteiger partial charge in [-0.25, -0.2) is 9.59 Å². The van der Waals surface area contributed by atoms with Gasteiger partial charge in [-0.05, 0) is 12.0 Å². The normalized spacial score (nSPS) is 17.9. The van der Waals surface area contributed by atoms with Crippen molar-refractivity contribution < 1.29 is 14.3 Å². The second-order valence-corrected chi connectivity index (χ2v) is 4.84. The maximum atomic E-state index is 12.1. The molecule has 1 heterocycles. The van der Waals surface area contributed by atoms with Crippen LogP contribution >= 0.6 is 0 Å². The van der Waals surface area contributed by atoms with Gasteiger partial charge in [0.05, 0.1) is 6.54 Å². The van der Waals surface area contributed by atoms with Crippen molar-refractivity contribution in [2.45, 2.75) is 32.4 Å². The second kappa shape index (κ2) is 6.93. The third kappa shape index (κ3) is 3.50. The first-order valence-corrected chi connectivity index (χ1v) is 6.97. The van der Waals surface area contributed by atoms with Gasteiger partial charge in [-0.2, -0.15) is 0 Å². The van der Waals surface area contributed by atoms with Crippen LogP contribution in [0.15, 0.2) is 30.3 Å². The summed E-state index contributed by atoms with van der Waals surface area (Å²) in [4.78, 5) is 25.3. The predicted octanol–water partition coefficient (Wildman–Crippen LogP) is 1.92. The molecule has 0 unspecified atom stereocenters. The predicted molar refractivity (Wildman–Crippen MR) is 75.0 cm³/mol. The van der Waals surface area contributed by atoms with Crippen molar-refractivity contribution in [3.8, 4) is 0 Å². The monoisotopic (exact) mass is 276 g/mol. The van der Waals surface area contributed by atoms with E-state index < -0.39 is 6.04 Å². The molecule has 1 atom stereocenters. The van der Waals surface area contributed by atoms with E-state index in [1.807, 2.05) is 30.3 Å². The van der Waals surface area contributed by atoms with Crippen LogP contribution in [0.5, 0.6) is 0 Å². The van der Waals surface area contributed by atoms with E-state index in [4.69, 9.17) is 4.74 Å². The minimum atomic E-state index is -0.502. The van der Waals surface area contributed by atoms with Crippen LogP contribution in [-0.2, 0) is 16.1 Å². The zero-order chi connectivity index (χ0) is 14.4. The zero-order valence-electron chi connectivity index (χ0n) is 11.7. The maximum absolute atomic E-state index is 12.1. The van der Waals surface area contributed by atoms with Crippen LogP contribution in [0, 0.1) is 0 Å². The molecule has 20 heavy (non-hydrogen) atoms. The molecule has 0 saturated carbocycles. The SMILES string of the molecule is CCCCN1C(=O)NC[C@H]1C(=O)OCc1ccccc1. The van der Waals surface area contributed by atoms with Gasteiger partial charge in [0.15, 0.2) is 0 Å². The lowest BCUT2D eigenvalue weighted by Gasteiger charge is -2.21. The highest BCUT2D eigenvalue weighted by Crippen LogP contribution is 2.12. The molecule has 108 valence electrons. The first-order valence-electron chi connectivity index (χ1n) is 6.97. The summed E-state index contributed by atoms with van der Waals surface area (Å²) in [6.07, 6.45) is 1.87. The number of hydrogen-bond acceptors (Lipinski definition) is 3. The topological polar surface area (TPSA) is 58.6 Å². The zero-order valence-corrected chi connectivity index (χ0v) is 11.7. The average Bonchev–Trinajstić information content (AvgIpc) is 2.85. The average molecular weight is 276 g/mol. The lowest BCUT2D eigenvalue weighted by Crippen LogP contribution is -2.41. The Morgan fingerprint density at radius 2 is 2.15 bits per heavy atom. The third-order valence-corrected chi connectivity index (χ3v) is 3.33. The summed E-state index contributed by atoms with van der Waals surface area (Å²) in [6.45, 7) is 3.21. The standard InChI is InChI=1S/C15H20N2O3/c1-2-3-9-17-13(10-16-15(17)19)14(18)20-11-12-7-5-4-6-8-12/h4-8,13H,2-3,9-11H2,1H3,(H,16,19)/t13-/m0/s1. The number of esters is 1. The summed E-state index contributed by atoms with van der Waals surface area (Å²) in [5.74, 6) is -0.344. The van der Waals surface area contributed by atoms with Gasteiger partial charge in [-0.3, -0.25) is 0 Å². The van der Waals surface area contributed by atoms with Gasteiger partial charge in [0.25, 0.3) is 0 Å². The third-order valence-electron chi connectivity index (χ3n) is 3.33. The Morgan fingerprint density at radius 1 is 1.40 bits per heavy atom. The van der Waals surface area contributed by atoms with E-state index in [-0.39, 0.29) is 18.6 Å². The van der Waals surface area contributed by atoms with E-state index in [2.05, 4.69) is 12.2 Å². The van der Waals surface area contributed by atoms with Crippen molar-refractivity contribution in [2.24, 2.45) is 0 Å². The van der Waals surface area contributed by atoms with E-state index in [9.17, 15) is 9.59 Å². The molecule has 2 amide bonds. The molecule has 0 aromatic heterocycles. The molecule has 1 aromatic carbocycles. The number of carbonyl (C=O) groups excluding carboxylic acids is 2. The van der Waals surface area contributed by atoms with Crippen LogP contribution in [0.25, 0.3) is 0 Å². The molecule has 5 nitrogen and oxygen atoms in total. The highest BCUT2D eigenvalue weighted by Gasteiger charge is 2.36. The fourth-order valence-electron chi connectivity index (χ4n) is 2.16. The van der Waals surface area contributed by atoms with Crippen LogP contribution < -0.4 is 5.32 Å². The number of ether oxygens (including phenoxy) is 1. The van der Waals surface area contributed by atoms with Crippen LogP contribution in [0.2, 0.25) is 0 Å². The first kappa shape index (κ1) is 14.4. The Morgan fingerprint density at radius 3 is 2.85 bits per heavy atom. The number of unbranched alkanes of at least 4 members (excludes halogenated alkanes) is 1. The highest BCUT2D eigenvalue weighted by molar-refractivity contribution is 5.87. The molecule has 5 heteroatoms. The minimum absolute atomic E-state index is 0.180. The number of urea groups is 1. The van der Waals surface area contributed by atoms with Crippen molar-refractivity contribution >= 4 is 12.0 Å². The number of nitrogens with one attached hydrogen (secondary N) is 1. The Hall–Kier alpha value is -2.04. The van der Waals surface area contributed by atoms with E-state index >= 15 is 0 Å². The molecular formula is C15H20N2O3. The molecule has 0 spiro atoms. The van der Waals surface area contributed by atoms with Crippen molar-refractivity contribution in [3.05, 3.63) is 35.9 Å². The number of hydrogen-bond donors (Lipinski definition) is 1. The van der Waals surface area contributed by atoms with Gasteiger partial charge in [-0.15, -0.1) is 0 Å². The second-order valence-electron chi connectivity index (χ2n) is 4.84. The summed E-state index contributed by atoms with van der Waals surface area (Å²) >= 11 is 0. The van der Waals surface area contributed by atoms with Crippen molar-refractivity contribution in [1.29, 1.82) is 0 Å². The number of rotatable bonds is 6. The number of carbonyl (C=O) groups is 2. The summed E-state index contributed by atoms with van der Waals surface area (Å²) in [6, 6.07) is 8.84. The van der Waals surface area contributed by atoms with Crippen molar-refractivity contribution in [3.63, 3.8) is 0 Å². The molecule has 0 aliphatic carbocycles. The van der Waals surface area contributed by atoms with Crippen molar-refractivity contribution in [1.82, 2.24) is 10.2 Å². The molecule has 1 aromatic rings. The van der Waals surface area contributed by atoms with Gasteiger partial charge in [0, 0.05) is 6.54 Å². The highest BCUT2D eigenvalue weighted by atomic mass is 16.5. The Labute approximate surface area is 118 Å². The molecule has 0 radical (unpaired) electrons. The maximum Gasteiger partial charge on any atom is 0.331 e. The summed E-state index contributed by atoms with van der Waals surface area (Å²) in [7, 11) is 0. The molecular weight excluding hydrogens is 256 g/mol. The van der Waals surface area contributed by atoms with Crippen LogP contribution in [-0.4, -0.2) is 36.0 Å². The van der Waals surface area contributed by atoms with Crippen molar-refractivity contribution in [2.75, 3.05) is 13.1 Å². The Bertz CT molecular complexity index is 461. The van der Waals surface area contributed by atoms with Crippen LogP contribution in [0.3, 0.4) is 0 Å².